The van der Waals surface area contributed by atoms with E-state index < -0.39 is 84.6 Å². The molecule has 2 aromatic heterocycles. The highest BCUT2D eigenvalue weighted by molar-refractivity contribution is 6.23. The fraction of sp³-hybridized carbons (Fsp3) is 0. The molecular formula is C50H30O2. The molecule has 52 heavy (non-hydrogen) atoms. The average molecular weight is 677 g/mol. The molecule has 0 aliphatic heterocycles. The van der Waals surface area contributed by atoms with E-state index in [1.165, 1.54) is 6.07 Å². The second kappa shape index (κ2) is 11.3. The van der Waals surface area contributed by atoms with Crippen molar-refractivity contribution in [2.45, 2.75) is 0 Å². The standard InChI is InChI=1S/C50H30O2/c1-3-14-32(15-4-1)49-43-30-45-42(29-46(43)52-50(49)33-16-5-2-6-17-33)41-28-36(25-26-44(41)51-45)48-39-21-11-9-19-37(39)47(38-20-10-12-22-40(38)48)35-24-23-31-13-7-8-18-34(31)27-35/h1-30H/i7D,8D,9D,10D,11D,12D,13D,18D,19D,20D,21D,22D,23D,24D. The van der Waals surface area contributed by atoms with Crippen LogP contribution in [0.1, 0.15) is 19.2 Å². The Morgan fingerprint density at radius 1 is 0.327 bits per heavy atom. The molecule has 0 unspecified atom stereocenters. The van der Waals surface area contributed by atoms with E-state index in [9.17, 15) is 6.85 Å². The van der Waals surface area contributed by atoms with Crippen molar-refractivity contribution in [3.05, 3.63) is 182 Å². The first-order valence-electron chi connectivity index (χ1n) is 23.6. The summed E-state index contributed by atoms with van der Waals surface area (Å²) >= 11 is 0. The van der Waals surface area contributed by atoms with Gasteiger partial charge in [-0.25, -0.2) is 0 Å². The Kier molecular flexibility index (Phi) is 4.00. The molecule has 0 amide bonds. The second-order valence-corrected chi connectivity index (χ2v) is 12.5. The van der Waals surface area contributed by atoms with Crippen LogP contribution in [-0.2, 0) is 0 Å². The third-order valence-corrected chi connectivity index (χ3v) is 9.64. The van der Waals surface area contributed by atoms with E-state index in [1.54, 1.807) is 18.2 Å². The number of rotatable bonds is 4. The first-order valence-corrected chi connectivity index (χ1v) is 16.6. The van der Waals surface area contributed by atoms with Gasteiger partial charge in [0.2, 0.25) is 0 Å². The summed E-state index contributed by atoms with van der Waals surface area (Å²) in [5.41, 5.74) is 4.16. The quantitative estimate of drug-likeness (QED) is 0.173. The van der Waals surface area contributed by atoms with E-state index in [1.807, 2.05) is 72.8 Å². The topological polar surface area (TPSA) is 26.3 Å². The summed E-state index contributed by atoms with van der Waals surface area (Å²) < 4.78 is 138. The minimum Gasteiger partial charge on any atom is -0.456 e. The smallest absolute Gasteiger partial charge is 0.143 e. The van der Waals surface area contributed by atoms with Crippen molar-refractivity contribution in [2.75, 3.05) is 0 Å². The van der Waals surface area contributed by atoms with E-state index in [0.717, 1.165) is 22.1 Å². The molecule has 0 N–H and O–H groups in total. The molecular weight excluding hydrogens is 633 g/mol. The van der Waals surface area contributed by atoms with Crippen LogP contribution in [-0.4, -0.2) is 0 Å². The number of benzene rings is 9. The summed E-state index contributed by atoms with van der Waals surface area (Å²) in [6, 6.07) is 21.4. The van der Waals surface area contributed by atoms with Crippen LogP contribution in [0.15, 0.2) is 190 Å². The van der Waals surface area contributed by atoms with Crippen molar-refractivity contribution < 1.29 is 28.0 Å². The van der Waals surface area contributed by atoms with Gasteiger partial charge in [0.15, 0.2) is 0 Å². The Balaban J connectivity index is 1.28. The van der Waals surface area contributed by atoms with Gasteiger partial charge >= 0.3 is 0 Å². The molecule has 2 heteroatoms. The second-order valence-electron chi connectivity index (χ2n) is 12.5. The maximum atomic E-state index is 9.43. The van der Waals surface area contributed by atoms with Gasteiger partial charge < -0.3 is 8.83 Å². The Morgan fingerprint density at radius 3 is 1.58 bits per heavy atom. The SMILES string of the molecule is [2H]c1c([2H])c([2H])c2c([2H])c([2H])c(-c3c4c([2H])c([2H])c([2H])c([2H])c4c(-c4ccc5oc6cc7c(-c8ccccc8)c(-c8ccccc8)oc7cc6c5c4)c4c([2H])c([2H])c([2H])c([2H])c34)cc2c1[2H]. The lowest BCUT2D eigenvalue weighted by molar-refractivity contribution is 0.632. The molecule has 11 aromatic rings. The average Bonchev–Trinajstić information content (AvgIpc) is 3.89. The lowest BCUT2D eigenvalue weighted by Crippen LogP contribution is -1.91. The number of furan rings is 2. The van der Waals surface area contributed by atoms with Crippen LogP contribution in [0, 0.1) is 0 Å². The van der Waals surface area contributed by atoms with Gasteiger partial charge in [0, 0.05) is 27.3 Å². The van der Waals surface area contributed by atoms with Crippen molar-refractivity contribution in [2.24, 2.45) is 0 Å². The fourth-order valence-corrected chi connectivity index (χ4v) is 7.36. The van der Waals surface area contributed by atoms with Gasteiger partial charge in [-0.2, -0.15) is 0 Å². The predicted molar refractivity (Wildman–Crippen MR) is 218 cm³/mol. The number of hydrogen-bond acceptors (Lipinski definition) is 2. The maximum absolute atomic E-state index is 9.43. The van der Waals surface area contributed by atoms with Gasteiger partial charge in [0.1, 0.15) is 22.5 Å². The van der Waals surface area contributed by atoms with E-state index in [-0.39, 0.29) is 49.0 Å². The van der Waals surface area contributed by atoms with Crippen molar-refractivity contribution in [3.8, 4) is 44.7 Å². The van der Waals surface area contributed by atoms with Crippen molar-refractivity contribution in [1.82, 2.24) is 0 Å². The Hall–Kier alpha value is -6.90. The molecule has 0 saturated heterocycles. The van der Waals surface area contributed by atoms with Crippen LogP contribution in [0.25, 0.3) is 110 Å². The van der Waals surface area contributed by atoms with Gasteiger partial charge in [-0.3, -0.25) is 0 Å². The summed E-state index contributed by atoms with van der Waals surface area (Å²) in [6.45, 7) is 0. The Labute approximate surface area is 319 Å². The van der Waals surface area contributed by atoms with Gasteiger partial charge in [0.05, 0.1) is 19.2 Å². The van der Waals surface area contributed by atoms with Gasteiger partial charge in [-0.15, -0.1) is 0 Å². The zero-order valence-electron chi connectivity index (χ0n) is 41.1. The summed E-state index contributed by atoms with van der Waals surface area (Å²) in [6.07, 6.45) is 0. The zero-order valence-corrected chi connectivity index (χ0v) is 27.1. The molecule has 0 aliphatic carbocycles. The van der Waals surface area contributed by atoms with Gasteiger partial charge in [-0.1, -0.05) is 151 Å². The van der Waals surface area contributed by atoms with E-state index in [0.29, 0.717) is 38.8 Å². The predicted octanol–water partition coefficient (Wildman–Crippen LogP) is 14.5. The monoisotopic (exact) mass is 676 g/mol. The van der Waals surface area contributed by atoms with E-state index in [4.69, 9.17) is 21.2 Å². The molecule has 0 atom stereocenters. The summed E-state index contributed by atoms with van der Waals surface area (Å²) in [5.74, 6) is 0.663. The molecule has 9 aromatic carbocycles. The summed E-state index contributed by atoms with van der Waals surface area (Å²) in [5, 5.41) is 0.944. The molecule has 11 rings (SSSR count). The first kappa shape index (κ1) is 18.4. The number of hydrogen-bond donors (Lipinski definition) is 0. The van der Waals surface area contributed by atoms with E-state index in [2.05, 4.69) is 0 Å². The first-order chi connectivity index (χ1) is 31.6. The minimum absolute atomic E-state index is 0.0520. The van der Waals surface area contributed by atoms with Crippen molar-refractivity contribution in [3.63, 3.8) is 0 Å². The molecule has 2 heterocycles. The summed E-state index contributed by atoms with van der Waals surface area (Å²) in [7, 11) is 0. The highest BCUT2D eigenvalue weighted by Crippen LogP contribution is 2.47. The van der Waals surface area contributed by atoms with Crippen LogP contribution in [0.3, 0.4) is 0 Å². The number of fused-ring (bicyclic) bond motifs is 7. The van der Waals surface area contributed by atoms with Crippen LogP contribution in [0.2, 0.25) is 0 Å². The van der Waals surface area contributed by atoms with Crippen molar-refractivity contribution >= 4 is 65.2 Å². The molecule has 242 valence electrons. The van der Waals surface area contributed by atoms with E-state index >= 15 is 0 Å². The van der Waals surface area contributed by atoms with Crippen LogP contribution in [0.4, 0.5) is 0 Å². The maximum Gasteiger partial charge on any atom is 0.143 e. The highest BCUT2D eigenvalue weighted by Gasteiger charge is 2.22. The third-order valence-electron chi connectivity index (χ3n) is 9.64. The lowest BCUT2D eigenvalue weighted by atomic mass is 9.85. The molecule has 0 fully saturated rings. The van der Waals surface area contributed by atoms with Crippen LogP contribution < -0.4 is 0 Å². The molecule has 0 aliphatic rings. The fourth-order valence-electron chi connectivity index (χ4n) is 7.36. The third kappa shape index (κ3) is 4.38. The molecule has 0 spiro atoms. The highest BCUT2D eigenvalue weighted by atomic mass is 16.3. The van der Waals surface area contributed by atoms with Crippen molar-refractivity contribution in [1.29, 1.82) is 0 Å². The minimum atomic E-state index is -0.663. The molecule has 2 nitrogen and oxygen atoms in total. The zero-order chi connectivity index (χ0) is 46.4. The molecule has 0 radical (unpaired) electrons. The molecule has 0 saturated carbocycles. The normalized spacial score (nSPS) is 15.6. The van der Waals surface area contributed by atoms with Crippen LogP contribution >= 0.6 is 0 Å². The largest absolute Gasteiger partial charge is 0.456 e. The lowest BCUT2D eigenvalue weighted by Gasteiger charge is -2.18. The van der Waals surface area contributed by atoms with Gasteiger partial charge in [-0.05, 0) is 90.5 Å². The van der Waals surface area contributed by atoms with Crippen LogP contribution in [0.5, 0.6) is 0 Å². The van der Waals surface area contributed by atoms with Gasteiger partial charge in [0.25, 0.3) is 0 Å². The summed E-state index contributed by atoms with van der Waals surface area (Å²) in [4.78, 5) is 0. The Morgan fingerprint density at radius 2 is 0.885 bits per heavy atom. The Bertz CT molecular complexity index is 3890. The molecule has 0 bridgehead atoms.